The van der Waals surface area contributed by atoms with Gasteiger partial charge < -0.3 is 0 Å². The third-order valence-corrected chi connectivity index (χ3v) is 2.60. The summed E-state index contributed by atoms with van der Waals surface area (Å²) < 4.78 is 0. The maximum atomic E-state index is 4.29. The van der Waals surface area contributed by atoms with Gasteiger partial charge in [-0.1, -0.05) is 36.4 Å². The first kappa shape index (κ1) is 8.30. The molecule has 1 heteroatoms. The summed E-state index contributed by atoms with van der Waals surface area (Å²) >= 11 is 0. The van der Waals surface area contributed by atoms with E-state index >= 15 is 0 Å². The topological polar surface area (TPSA) is 14.1 Å². The molecule has 0 saturated carbocycles. The molecule has 0 saturated heterocycles. The van der Waals surface area contributed by atoms with E-state index in [9.17, 15) is 0 Å². The van der Waals surface area contributed by atoms with E-state index in [4.69, 9.17) is 0 Å². The van der Waals surface area contributed by atoms with Crippen molar-refractivity contribution in [2.75, 3.05) is 0 Å². The minimum Gasteiger partial charge on any atom is -0.256 e. The van der Waals surface area contributed by atoms with Gasteiger partial charge in [-0.25, -0.2) is 0 Å². The summed E-state index contributed by atoms with van der Waals surface area (Å²) in [6.45, 7) is 0. The quantitative estimate of drug-likeness (QED) is 0.658. The molecule has 3 rings (SSSR count). The minimum absolute atomic E-state index is 1.04. The van der Waals surface area contributed by atoms with Crippen LogP contribution >= 0.6 is 0 Å². The molecule has 2 aromatic carbocycles. The Labute approximate surface area is 88.7 Å². The van der Waals surface area contributed by atoms with Gasteiger partial charge in [-0.3, -0.25) is 5.32 Å². The van der Waals surface area contributed by atoms with Gasteiger partial charge in [0.15, 0.2) is 0 Å². The molecular weight excluding hydrogens is 182 g/mol. The van der Waals surface area contributed by atoms with Crippen molar-refractivity contribution < 1.29 is 0 Å². The van der Waals surface area contributed by atoms with Gasteiger partial charge in [0.2, 0.25) is 0 Å². The Morgan fingerprint density at radius 1 is 0.867 bits per heavy atom. The zero-order valence-electron chi connectivity index (χ0n) is 8.22. The number of rotatable bonds is 1. The van der Waals surface area contributed by atoms with Crippen molar-refractivity contribution in [1.82, 2.24) is 5.32 Å². The van der Waals surface area contributed by atoms with Crippen molar-refractivity contribution in [3.05, 3.63) is 66.4 Å². The summed E-state index contributed by atoms with van der Waals surface area (Å²) in [5.41, 5.74) is 2.22. The number of hydrogen-bond acceptors (Lipinski definition) is 0. The van der Waals surface area contributed by atoms with Gasteiger partial charge in [-0.15, -0.1) is 0 Å². The van der Waals surface area contributed by atoms with Crippen LogP contribution in [0.15, 0.2) is 60.8 Å². The summed E-state index contributed by atoms with van der Waals surface area (Å²) in [7, 11) is 0. The van der Waals surface area contributed by atoms with Crippen LogP contribution in [-0.2, 0) is 0 Å². The molecule has 0 spiro atoms. The fourth-order valence-corrected chi connectivity index (χ4v) is 1.82. The smallest absolute Gasteiger partial charge is 0.0702 e. The predicted octanol–water partition coefficient (Wildman–Crippen LogP) is 3.31. The SMILES string of the molecule is C1=C[N]C(c2ccc3ccccc3c2)=C1. The largest absolute Gasteiger partial charge is 0.256 e. The molecule has 0 N–H and O–H groups in total. The number of allylic oxidation sites excluding steroid dienone is 2. The predicted molar refractivity (Wildman–Crippen MR) is 63.2 cm³/mol. The van der Waals surface area contributed by atoms with E-state index in [1.54, 1.807) is 0 Å². The van der Waals surface area contributed by atoms with Gasteiger partial charge in [0.05, 0.1) is 5.70 Å². The average Bonchev–Trinajstić information content (AvgIpc) is 2.82. The van der Waals surface area contributed by atoms with Crippen LogP contribution in [0.5, 0.6) is 0 Å². The molecule has 1 aliphatic rings. The van der Waals surface area contributed by atoms with Crippen molar-refractivity contribution in [2.24, 2.45) is 0 Å². The molecule has 15 heavy (non-hydrogen) atoms. The summed E-state index contributed by atoms with van der Waals surface area (Å²) in [5, 5.41) is 6.83. The van der Waals surface area contributed by atoms with Crippen LogP contribution in [0.2, 0.25) is 0 Å². The molecule has 0 fully saturated rings. The minimum atomic E-state index is 1.04. The molecule has 2 aromatic rings. The van der Waals surface area contributed by atoms with E-state index in [1.165, 1.54) is 16.3 Å². The van der Waals surface area contributed by atoms with Gasteiger partial charge in [0.1, 0.15) is 0 Å². The van der Waals surface area contributed by atoms with Crippen LogP contribution < -0.4 is 5.32 Å². The highest BCUT2D eigenvalue weighted by molar-refractivity contribution is 5.86. The summed E-state index contributed by atoms with van der Waals surface area (Å²) in [4.78, 5) is 0. The van der Waals surface area contributed by atoms with Gasteiger partial charge in [0, 0.05) is 11.8 Å². The molecule has 1 aliphatic heterocycles. The lowest BCUT2D eigenvalue weighted by Crippen LogP contribution is -1.91. The fourth-order valence-electron chi connectivity index (χ4n) is 1.82. The maximum absolute atomic E-state index is 4.29. The normalized spacial score (nSPS) is 14.0. The molecule has 0 bridgehead atoms. The Morgan fingerprint density at radius 2 is 1.73 bits per heavy atom. The summed E-state index contributed by atoms with van der Waals surface area (Å²) in [5.74, 6) is 0. The second-order valence-corrected chi connectivity index (χ2v) is 3.58. The first-order valence-electron chi connectivity index (χ1n) is 5.00. The molecule has 0 aliphatic carbocycles. The van der Waals surface area contributed by atoms with Crippen LogP contribution in [0.3, 0.4) is 0 Å². The van der Waals surface area contributed by atoms with E-state index in [0.29, 0.717) is 0 Å². The lowest BCUT2D eigenvalue weighted by atomic mass is 10.1. The Bertz CT molecular complexity index is 564. The molecule has 0 unspecified atom stereocenters. The second-order valence-electron chi connectivity index (χ2n) is 3.58. The lowest BCUT2D eigenvalue weighted by Gasteiger charge is -2.03. The number of benzene rings is 2. The van der Waals surface area contributed by atoms with Crippen molar-refractivity contribution in [3.8, 4) is 0 Å². The number of fused-ring (bicyclic) bond motifs is 1. The molecule has 1 heterocycles. The van der Waals surface area contributed by atoms with Crippen LogP contribution in [0.1, 0.15) is 5.56 Å². The van der Waals surface area contributed by atoms with E-state index in [-0.39, 0.29) is 0 Å². The zero-order valence-corrected chi connectivity index (χ0v) is 8.22. The van der Waals surface area contributed by atoms with E-state index in [2.05, 4.69) is 47.8 Å². The van der Waals surface area contributed by atoms with E-state index in [0.717, 1.165) is 5.70 Å². The highest BCUT2D eigenvalue weighted by atomic mass is 14.9. The van der Waals surface area contributed by atoms with Gasteiger partial charge >= 0.3 is 0 Å². The monoisotopic (exact) mass is 192 g/mol. The Balaban J connectivity index is 2.14. The van der Waals surface area contributed by atoms with Crippen molar-refractivity contribution in [3.63, 3.8) is 0 Å². The summed E-state index contributed by atoms with van der Waals surface area (Å²) in [6.07, 6.45) is 5.82. The maximum Gasteiger partial charge on any atom is 0.0702 e. The molecule has 0 amide bonds. The average molecular weight is 192 g/mol. The Morgan fingerprint density at radius 3 is 2.53 bits per heavy atom. The molecule has 1 radical (unpaired) electrons. The van der Waals surface area contributed by atoms with E-state index < -0.39 is 0 Å². The third-order valence-electron chi connectivity index (χ3n) is 2.60. The van der Waals surface area contributed by atoms with Crippen molar-refractivity contribution in [2.45, 2.75) is 0 Å². The van der Waals surface area contributed by atoms with Gasteiger partial charge in [0.25, 0.3) is 0 Å². The number of nitrogens with zero attached hydrogens (tertiary/aromatic N) is 1. The lowest BCUT2D eigenvalue weighted by molar-refractivity contribution is 1.23. The van der Waals surface area contributed by atoms with E-state index in [1.807, 2.05) is 18.4 Å². The first-order chi connectivity index (χ1) is 7.43. The van der Waals surface area contributed by atoms with Crippen LogP contribution in [0.4, 0.5) is 0 Å². The molecular formula is C14H10N. The van der Waals surface area contributed by atoms with Crippen molar-refractivity contribution in [1.29, 1.82) is 0 Å². The molecule has 71 valence electrons. The van der Waals surface area contributed by atoms with Crippen LogP contribution in [0, 0.1) is 0 Å². The second kappa shape index (κ2) is 3.28. The molecule has 0 aromatic heterocycles. The Kier molecular flexibility index (Phi) is 1.82. The first-order valence-corrected chi connectivity index (χ1v) is 5.00. The zero-order chi connectivity index (χ0) is 10.1. The van der Waals surface area contributed by atoms with Crippen LogP contribution in [-0.4, -0.2) is 0 Å². The van der Waals surface area contributed by atoms with Crippen molar-refractivity contribution >= 4 is 16.5 Å². The summed E-state index contributed by atoms with van der Waals surface area (Å²) in [6, 6.07) is 14.8. The Hall–Kier alpha value is -2.02. The molecule has 0 atom stereocenters. The highest BCUT2D eigenvalue weighted by Crippen LogP contribution is 2.21. The highest BCUT2D eigenvalue weighted by Gasteiger charge is 2.04. The van der Waals surface area contributed by atoms with Crippen LogP contribution in [0.25, 0.3) is 16.5 Å². The standard InChI is InChI=1S/C14H10N/c1-2-5-12-10-13(8-7-11(12)4-1)14-6-3-9-15-14/h1-10H. The van der Waals surface area contributed by atoms with Gasteiger partial charge in [-0.2, -0.15) is 0 Å². The van der Waals surface area contributed by atoms with Gasteiger partial charge in [-0.05, 0) is 29.0 Å². The fraction of sp³-hybridized carbons (Fsp3) is 0. The molecule has 1 nitrogen and oxygen atoms in total. The number of hydrogen-bond donors (Lipinski definition) is 0. The third kappa shape index (κ3) is 1.42.